The molecule has 1 aromatic carbocycles. The molecule has 3 N–H and O–H groups in total. The molecule has 0 aliphatic rings. The van der Waals surface area contributed by atoms with Crippen molar-refractivity contribution in [2.24, 2.45) is 4.99 Å². The Morgan fingerprint density at radius 2 is 1.97 bits per heavy atom. The van der Waals surface area contributed by atoms with E-state index >= 15 is 0 Å². The topological polar surface area (TPSA) is 91.5 Å². The normalized spacial score (nSPS) is 11.1. The van der Waals surface area contributed by atoms with Crippen molar-refractivity contribution >= 4 is 35.8 Å². The molecule has 2 rings (SSSR count). The van der Waals surface area contributed by atoms with Crippen LogP contribution in [0.1, 0.15) is 60.0 Å². The highest BCUT2D eigenvalue weighted by molar-refractivity contribution is 14.0. The first-order valence-electron chi connectivity index (χ1n) is 9.82. The van der Waals surface area contributed by atoms with Crippen LogP contribution in [0.15, 0.2) is 39.8 Å². The van der Waals surface area contributed by atoms with Gasteiger partial charge in [0.15, 0.2) is 11.7 Å². The number of aliphatic imine (C=N–C) groups is 1. The van der Waals surface area contributed by atoms with Crippen LogP contribution in [0.4, 0.5) is 0 Å². The minimum Gasteiger partial charge on any atom is -0.359 e. The summed E-state index contributed by atoms with van der Waals surface area (Å²) in [5, 5.41) is 13.3. The summed E-state index contributed by atoms with van der Waals surface area (Å²) in [6, 6.07) is 9.64. The third-order valence-electron chi connectivity index (χ3n) is 4.76. The summed E-state index contributed by atoms with van der Waals surface area (Å²) >= 11 is 0. The smallest absolute Gasteiger partial charge is 0.251 e. The van der Waals surface area contributed by atoms with Gasteiger partial charge in [-0.2, -0.15) is 0 Å². The number of hydrogen-bond acceptors (Lipinski definition) is 4. The summed E-state index contributed by atoms with van der Waals surface area (Å²) < 4.78 is 5.43. The predicted molar refractivity (Wildman–Crippen MR) is 127 cm³/mol. The van der Waals surface area contributed by atoms with E-state index in [1.165, 1.54) is 0 Å². The number of rotatable bonds is 9. The lowest BCUT2D eigenvalue weighted by atomic mass is 9.99. The third kappa shape index (κ3) is 7.68. The van der Waals surface area contributed by atoms with E-state index in [1.807, 2.05) is 30.3 Å². The molecule has 1 heterocycles. The maximum absolute atomic E-state index is 11.7. The van der Waals surface area contributed by atoms with Gasteiger partial charge in [0.05, 0.1) is 12.2 Å². The van der Waals surface area contributed by atoms with E-state index in [-0.39, 0.29) is 29.9 Å². The van der Waals surface area contributed by atoms with Crippen molar-refractivity contribution in [1.82, 2.24) is 21.1 Å². The third-order valence-corrected chi connectivity index (χ3v) is 4.76. The van der Waals surface area contributed by atoms with E-state index in [2.05, 4.69) is 39.9 Å². The largest absolute Gasteiger partial charge is 0.359 e. The molecule has 29 heavy (non-hydrogen) atoms. The van der Waals surface area contributed by atoms with Gasteiger partial charge in [-0.1, -0.05) is 31.1 Å². The Labute approximate surface area is 190 Å². The number of nitrogens with zero attached hydrogens (tertiary/aromatic N) is 2. The lowest BCUT2D eigenvalue weighted by molar-refractivity contribution is 0.0963. The molecule has 0 aliphatic heterocycles. The highest BCUT2D eigenvalue weighted by Gasteiger charge is 2.13. The molecule has 0 saturated carbocycles. The van der Waals surface area contributed by atoms with Gasteiger partial charge in [0, 0.05) is 38.2 Å². The van der Waals surface area contributed by atoms with Gasteiger partial charge in [0.1, 0.15) is 0 Å². The van der Waals surface area contributed by atoms with Crippen molar-refractivity contribution in [3.63, 3.8) is 0 Å². The summed E-state index contributed by atoms with van der Waals surface area (Å²) in [4.78, 5) is 16.0. The van der Waals surface area contributed by atoms with Crippen molar-refractivity contribution in [2.45, 2.75) is 45.6 Å². The monoisotopic (exact) mass is 513 g/mol. The molecule has 0 radical (unpaired) electrons. The number of guanidine groups is 1. The SMILES string of the molecule is CCC(CC)c1cc(CNC(=NC)NCCc2cccc(C(=O)NC)c2)on1.I. The molecule has 0 fully saturated rings. The van der Waals surface area contributed by atoms with Gasteiger partial charge in [0.25, 0.3) is 5.91 Å². The minimum atomic E-state index is -0.0768. The Bertz CT molecular complexity index is 787. The van der Waals surface area contributed by atoms with Crippen molar-refractivity contribution in [2.75, 3.05) is 20.6 Å². The number of carbonyl (C=O) groups excluding carboxylic acids is 1. The quantitative estimate of drug-likeness (QED) is 0.272. The summed E-state index contributed by atoms with van der Waals surface area (Å²) in [5.41, 5.74) is 2.77. The second-order valence-corrected chi connectivity index (χ2v) is 6.61. The average molecular weight is 513 g/mol. The Hall–Kier alpha value is -2.10. The number of benzene rings is 1. The van der Waals surface area contributed by atoms with E-state index in [9.17, 15) is 4.79 Å². The molecule has 1 amide bonds. The van der Waals surface area contributed by atoms with Crippen molar-refractivity contribution in [3.05, 3.63) is 52.9 Å². The summed E-state index contributed by atoms with van der Waals surface area (Å²) in [6.45, 7) is 5.55. The first-order valence-corrected chi connectivity index (χ1v) is 9.82. The molecule has 160 valence electrons. The van der Waals surface area contributed by atoms with Gasteiger partial charge in [-0.15, -0.1) is 24.0 Å². The summed E-state index contributed by atoms with van der Waals surface area (Å²) in [7, 11) is 3.37. The summed E-state index contributed by atoms with van der Waals surface area (Å²) in [5.74, 6) is 1.86. The molecule has 0 aliphatic carbocycles. The van der Waals surface area contributed by atoms with Gasteiger partial charge in [-0.3, -0.25) is 9.79 Å². The number of carbonyl (C=O) groups is 1. The predicted octanol–water partition coefficient (Wildman–Crippen LogP) is 3.46. The highest BCUT2D eigenvalue weighted by atomic mass is 127. The molecule has 0 saturated heterocycles. The van der Waals surface area contributed by atoms with Gasteiger partial charge < -0.3 is 20.5 Å². The van der Waals surface area contributed by atoms with Gasteiger partial charge in [-0.25, -0.2) is 0 Å². The maximum Gasteiger partial charge on any atom is 0.251 e. The number of halogens is 1. The maximum atomic E-state index is 11.7. The molecule has 1 aromatic heterocycles. The van der Waals surface area contributed by atoms with Crippen LogP contribution < -0.4 is 16.0 Å². The lowest BCUT2D eigenvalue weighted by Crippen LogP contribution is -2.37. The van der Waals surface area contributed by atoms with Crippen LogP contribution in [0, 0.1) is 0 Å². The zero-order valence-corrected chi connectivity index (χ0v) is 19.9. The van der Waals surface area contributed by atoms with E-state index in [0.29, 0.717) is 30.5 Å². The molecule has 0 spiro atoms. The Kier molecular flexibility index (Phi) is 11.3. The van der Waals surface area contributed by atoms with Gasteiger partial charge in [0.2, 0.25) is 0 Å². The second kappa shape index (κ2) is 13.2. The molecule has 0 unspecified atom stereocenters. The first-order chi connectivity index (χ1) is 13.6. The van der Waals surface area contributed by atoms with Crippen LogP contribution in [-0.4, -0.2) is 37.7 Å². The fraction of sp³-hybridized carbons (Fsp3) is 0.476. The molecule has 0 atom stereocenters. The Morgan fingerprint density at radius 3 is 2.62 bits per heavy atom. The van der Waals surface area contributed by atoms with Gasteiger partial charge >= 0.3 is 0 Å². The lowest BCUT2D eigenvalue weighted by Gasteiger charge is -2.11. The van der Waals surface area contributed by atoms with Crippen molar-refractivity contribution < 1.29 is 9.32 Å². The molecule has 2 aromatic rings. The molecular formula is C21H32IN5O2. The van der Waals surface area contributed by atoms with E-state index in [4.69, 9.17) is 4.52 Å². The van der Waals surface area contributed by atoms with Crippen LogP contribution in [0.2, 0.25) is 0 Å². The molecule has 7 nitrogen and oxygen atoms in total. The van der Waals surface area contributed by atoms with Crippen LogP contribution in [0.3, 0.4) is 0 Å². The standard InChI is InChI=1S/C21H31N5O2.HI/c1-5-16(6-2)19-13-18(28-26-19)14-25-21(23-4)24-11-10-15-8-7-9-17(12-15)20(27)22-3;/h7-9,12-13,16H,5-6,10-11,14H2,1-4H3,(H,22,27)(H2,23,24,25);1H. The number of nitrogens with one attached hydrogen (secondary N) is 3. The van der Waals surface area contributed by atoms with Crippen molar-refractivity contribution in [3.8, 4) is 0 Å². The van der Waals surface area contributed by atoms with Crippen molar-refractivity contribution in [1.29, 1.82) is 0 Å². The van der Waals surface area contributed by atoms with E-state index in [0.717, 1.165) is 36.3 Å². The fourth-order valence-electron chi connectivity index (χ4n) is 3.04. The van der Waals surface area contributed by atoms with E-state index < -0.39 is 0 Å². The van der Waals surface area contributed by atoms with Crippen LogP contribution >= 0.6 is 24.0 Å². The number of hydrogen-bond donors (Lipinski definition) is 3. The molecule has 8 heteroatoms. The van der Waals surface area contributed by atoms with Crippen LogP contribution in [-0.2, 0) is 13.0 Å². The number of amides is 1. The molecule has 0 bridgehead atoms. The first kappa shape index (κ1) is 24.9. The zero-order chi connectivity index (χ0) is 20.4. The minimum absolute atomic E-state index is 0. The zero-order valence-electron chi connectivity index (χ0n) is 17.6. The Balaban J connectivity index is 0.00000420. The van der Waals surface area contributed by atoms with Crippen LogP contribution in [0.5, 0.6) is 0 Å². The second-order valence-electron chi connectivity index (χ2n) is 6.61. The van der Waals surface area contributed by atoms with Crippen LogP contribution in [0.25, 0.3) is 0 Å². The fourth-order valence-corrected chi connectivity index (χ4v) is 3.04. The van der Waals surface area contributed by atoms with E-state index in [1.54, 1.807) is 14.1 Å². The average Bonchev–Trinajstić information content (AvgIpc) is 3.19. The number of aromatic nitrogens is 1. The summed E-state index contributed by atoms with van der Waals surface area (Å²) in [6.07, 6.45) is 2.90. The molecular weight excluding hydrogens is 481 g/mol. The highest BCUT2D eigenvalue weighted by Crippen LogP contribution is 2.22. The Morgan fingerprint density at radius 1 is 1.21 bits per heavy atom. The van der Waals surface area contributed by atoms with Gasteiger partial charge in [-0.05, 0) is 37.0 Å².